The summed E-state index contributed by atoms with van der Waals surface area (Å²) >= 11 is 0. The second-order valence-corrected chi connectivity index (χ2v) is 5.57. The summed E-state index contributed by atoms with van der Waals surface area (Å²) in [5.41, 5.74) is 2.34. The van der Waals surface area contributed by atoms with Gasteiger partial charge in [-0.15, -0.1) is 0 Å². The van der Waals surface area contributed by atoms with Gasteiger partial charge < -0.3 is 9.73 Å². The summed E-state index contributed by atoms with van der Waals surface area (Å²) in [5.74, 6) is 1.03. The van der Waals surface area contributed by atoms with Crippen molar-refractivity contribution < 1.29 is 8.81 Å². The zero-order chi connectivity index (χ0) is 15.9. The number of benzene rings is 2. The molecule has 2 aromatic carbocycles. The number of hydrogen-bond donors (Lipinski definition) is 1. The minimum atomic E-state index is -0.198. The van der Waals surface area contributed by atoms with Gasteiger partial charge in [0.15, 0.2) is 0 Å². The molecule has 0 saturated carbocycles. The minimum absolute atomic E-state index is 0.198. The second-order valence-electron chi connectivity index (χ2n) is 5.57. The molecule has 0 radical (unpaired) electrons. The molecule has 0 saturated heterocycles. The van der Waals surface area contributed by atoms with Gasteiger partial charge in [-0.2, -0.15) is 0 Å². The minimum Gasteiger partial charge on any atom is -0.469 e. The molecule has 1 aromatic heterocycles. The molecule has 1 unspecified atom stereocenters. The first-order chi connectivity index (χ1) is 11.3. The summed E-state index contributed by atoms with van der Waals surface area (Å²) in [6.45, 7) is 1.59. The highest BCUT2D eigenvalue weighted by Gasteiger charge is 2.16. The van der Waals surface area contributed by atoms with Gasteiger partial charge >= 0.3 is 0 Å². The van der Waals surface area contributed by atoms with Crippen molar-refractivity contribution in [2.75, 3.05) is 6.54 Å². The van der Waals surface area contributed by atoms with Crippen LogP contribution in [-0.4, -0.2) is 6.54 Å². The van der Waals surface area contributed by atoms with Crippen LogP contribution >= 0.6 is 0 Å². The fourth-order valence-corrected chi connectivity index (χ4v) is 2.73. The van der Waals surface area contributed by atoms with Crippen LogP contribution in [0.15, 0.2) is 77.4 Å². The number of hydrogen-bond acceptors (Lipinski definition) is 2. The molecular formula is C20H20FNO. The number of nitrogens with one attached hydrogen (secondary N) is 1. The molecule has 3 heteroatoms. The van der Waals surface area contributed by atoms with Gasteiger partial charge in [-0.25, -0.2) is 4.39 Å². The van der Waals surface area contributed by atoms with E-state index in [1.54, 1.807) is 6.26 Å². The van der Waals surface area contributed by atoms with Crippen molar-refractivity contribution in [2.24, 2.45) is 0 Å². The van der Waals surface area contributed by atoms with Crippen molar-refractivity contribution in [1.82, 2.24) is 5.32 Å². The predicted molar refractivity (Wildman–Crippen MR) is 89.7 cm³/mol. The van der Waals surface area contributed by atoms with E-state index >= 15 is 0 Å². The van der Waals surface area contributed by atoms with Crippen LogP contribution in [0.4, 0.5) is 4.39 Å². The van der Waals surface area contributed by atoms with E-state index in [0.29, 0.717) is 0 Å². The molecule has 3 rings (SSSR count). The maximum Gasteiger partial charge on any atom is 0.123 e. The Labute approximate surface area is 136 Å². The van der Waals surface area contributed by atoms with E-state index in [0.717, 1.165) is 30.8 Å². The number of rotatable bonds is 7. The van der Waals surface area contributed by atoms with Crippen molar-refractivity contribution in [3.63, 3.8) is 0 Å². The average Bonchev–Trinajstić information content (AvgIpc) is 3.11. The molecular weight excluding hydrogens is 289 g/mol. The first kappa shape index (κ1) is 15.5. The molecule has 1 heterocycles. The van der Waals surface area contributed by atoms with Gasteiger partial charge in [-0.1, -0.05) is 42.5 Å². The average molecular weight is 309 g/mol. The molecule has 0 aliphatic carbocycles. The molecule has 118 valence electrons. The zero-order valence-electron chi connectivity index (χ0n) is 12.9. The van der Waals surface area contributed by atoms with Crippen LogP contribution in [0.5, 0.6) is 0 Å². The third kappa shape index (κ3) is 4.30. The monoisotopic (exact) mass is 309 g/mol. The Morgan fingerprint density at radius 3 is 2.39 bits per heavy atom. The van der Waals surface area contributed by atoms with Crippen molar-refractivity contribution in [1.29, 1.82) is 0 Å². The lowest BCUT2D eigenvalue weighted by Crippen LogP contribution is -2.17. The van der Waals surface area contributed by atoms with Gasteiger partial charge in [0.05, 0.1) is 6.26 Å². The van der Waals surface area contributed by atoms with E-state index in [1.807, 2.05) is 30.3 Å². The van der Waals surface area contributed by atoms with Crippen LogP contribution in [-0.2, 0) is 6.54 Å². The van der Waals surface area contributed by atoms with Crippen LogP contribution in [0, 0.1) is 5.82 Å². The van der Waals surface area contributed by atoms with Crippen LogP contribution < -0.4 is 5.32 Å². The van der Waals surface area contributed by atoms with Crippen LogP contribution in [0.1, 0.15) is 29.2 Å². The molecule has 1 atom stereocenters. The molecule has 0 aliphatic rings. The molecule has 23 heavy (non-hydrogen) atoms. The first-order valence-electron chi connectivity index (χ1n) is 7.86. The summed E-state index contributed by atoms with van der Waals surface area (Å²) in [5, 5.41) is 3.42. The summed E-state index contributed by atoms with van der Waals surface area (Å²) in [4.78, 5) is 0. The largest absolute Gasteiger partial charge is 0.469 e. The second kappa shape index (κ2) is 7.75. The maximum atomic E-state index is 12.9. The summed E-state index contributed by atoms with van der Waals surface area (Å²) in [6, 6.07) is 20.9. The normalized spacial score (nSPS) is 12.2. The lowest BCUT2D eigenvalue weighted by molar-refractivity contribution is 0.466. The van der Waals surface area contributed by atoms with E-state index in [1.165, 1.54) is 17.7 Å². The summed E-state index contributed by atoms with van der Waals surface area (Å²) in [7, 11) is 0. The molecule has 1 N–H and O–H groups in total. The van der Waals surface area contributed by atoms with Gasteiger partial charge in [0.25, 0.3) is 0 Å². The number of halogens is 1. The van der Waals surface area contributed by atoms with Crippen molar-refractivity contribution in [2.45, 2.75) is 18.9 Å². The van der Waals surface area contributed by atoms with E-state index in [2.05, 4.69) is 29.6 Å². The summed E-state index contributed by atoms with van der Waals surface area (Å²) in [6.07, 6.45) is 2.66. The van der Waals surface area contributed by atoms with Crippen LogP contribution in [0.25, 0.3) is 0 Å². The molecule has 0 spiro atoms. The standard InChI is InChI=1S/C20H20FNO/c21-18-10-8-16(9-11-18)15-22-13-12-19(20-7-4-14-23-20)17-5-2-1-3-6-17/h1-11,14,19,22H,12-13,15H2. The highest BCUT2D eigenvalue weighted by atomic mass is 19.1. The van der Waals surface area contributed by atoms with Crippen LogP contribution in [0.3, 0.4) is 0 Å². The summed E-state index contributed by atoms with van der Waals surface area (Å²) < 4.78 is 18.5. The van der Waals surface area contributed by atoms with Crippen molar-refractivity contribution >= 4 is 0 Å². The quantitative estimate of drug-likeness (QED) is 0.638. The maximum absolute atomic E-state index is 12.9. The Kier molecular flexibility index (Phi) is 5.22. The smallest absolute Gasteiger partial charge is 0.123 e. The molecule has 3 aromatic rings. The molecule has 0 fully saturated rings. The highest BCUT2D eigenvalue weighted by Crippen LogP contribution is 2.27. The fraction of sp³-hybridized carbons (Fsp3) is 0.200. The van der Waals surface area contributed by atoms with Gasteiger partial charge in [-0.3, -0.25) is 0 Å². The molecule has 0 bridgehead atoms. The highest BCUT2D eigenvalue weighted by molar-refractivity contribution is 5.27. The first-order valence-corrected chi connectivity index (χ1v) is 7.86. The molecule has 0 amide bonds. The molecule has 2 nitrogen and oxygen atoms in total. The SMILES string of the molecule is Fc1ccc(CNCCC(c2ccccc2)c2ccco2)cc1. The van der Waals surface area contributed by atoms with Crippen LogP contribution in [0.2, 0.25) is 0 Å². The number of furan rings is 1. The zero-order valence-corrected chi connectivity index (χ0v) is 12.9. The Morgan fingerprint density at radius 2 is 1.70 bits per heavy atom. The Bertz CT molecular complexity index is 692. The van der Waals surface area contributed by atoms with E-state index in [9.17, 15) is 4.39 Å². The van der Waals surface area contributed by atoms with Gasteiger partial charge in [-0.05, 0) is 48.4 Å². The molecule has 0 aliphatic heterocycles. The third-order valence-corrected chi connectivity index (χ3v) is 3.94. The Morgan fingerprint density at radius 1 is 0.913 bits per heavy atom. The van der Waals surface area contributed by atoms with Gasteiger partial charge in [0, 0.05) is 12.5 Å². The Balaban J connectivity index is 1.58. The van der Waals surface area contributed by atoms with Gasteiger partial charge in [0.1, 0.15) is 11.6 Å². The van der Waals surface area contributed by atoms with Crippen molar-refractivity contribution in [3.05, 3.63) is 95.7 Å². The van der Waals surface area contributed by atoms with E-state index in [-0.39, 0.29) is 11.7 Å². The topological polar surface area (TPSA) is 25.2 Å². The van der Waals surface area contributed by atoms with Gasteiger partial charge in [0.2, 0.25) is 0 Å². The lowest BCUT2D eigenvalue weighted by Gasteiger charge is -2.15. The predicted octanol–water partition coefficient (Wildman–Crippen LogP) is 4.73. The third-order valence-electron chi connectivity index (χ3n) is 3.94. The fourth-order valence-electron chi connectivity index (χ4n) is 2.73. The lowest BCUT2D eigenvalue weighted by atomic mass is 9.93. The van der Waals surface area contributed by atoms with Crippen molar-refractivity contribution in [3.8, 4) is 0 Å². The van der Waals surface area contributed by atoms with E-state index < -0.39 is 0 Å². The van der Waals surface area contributed by atoms with E-state index in [4.69, 9.17) is 4.42 Å². The Hall–Kier alpha value is -2.39.